The quantitative estimate of drug-likeness (QED) is 0.643. The van der Waals surface area contributed by atoms with Gasteiger partial charge in [0.15, 0.2) is 0 Å². The normalized spacial score (nSPS) is 23.8. The standard InChI is InChI=1S/C22H36N2O2S/c1-3-4-6-17(2)27(25,26)24-21-12-9-18(10-13-21)16-23-22-14-11-19-7-5-8-20(19)15-22/h11,14-15,17-18,21,23-24H,3-10,12-13,16H2,1-2H3. The molecule has 152 valence electrons. The molecule has 4 nitrogen and oxygen atoms in total. The molecule has 5 heteroatoms. The van der Waals surface area contributed by atoms with Crippen LogP contribution in [-0.4, -0.2) is 26.3 Å². The van der Waals surface area contributed by atoms with E-state index in [0.29, 0.717) is 5.92 Å². The van der Waals surface area contributed by atoms with E-state index in [9.17, 15) is 8.42 Å². The van der Waals surface area contributed by atoms with Crippen LogP contribution < -0.4 is 10.0 Å². The van der Waals surface area contributed by atoms with Crippen LogP contribution in [0, 0.1) is 5.92 Å². The zero-order valence-electron chi connectivity index (χ0n) is 17.0. The molecular formula is C22H36N2O2S. The van der Waals surface area contributed by atoms with Crippen LogP contribution in [0.5, 0.6) is 0 Å². The fraction of sp³-hybridized carbons (Fsp3) is 0.727. The maximum Gasteiger partial charge on any atom is 0.214 e. The maximum absolute atomic E-state index is 12.5. The van der Waals surface area contributed by atoms with Gasteiger partial charge in [0.25, 0.3) is 0 Å². The summed E-state index contributed by atoms with van der Waals surface area (Å²) in [7, 11) is -3.18. The molecule has 0 saturated heterocycles. The van der Waals surface area contributed by atoms with Crippen LogP contribution in [-0.2, 0) is 22.9 Å². The van der Waals surface area contributed by atoms with Crippen molar-refractivity contribution >= 4 is 15.7 Å². The van der Waals surface area contributed by atoms with Crippen LogP contribution in [0.1, 0.15) is 76.3 Å². The van der Waals surface area contributed by atoms with Crippen LogP contribution in [0.2, 0.25) is 0 Å². The van der Waals surface area contributed by atoms with Gasteiger partial charge in [-0.25, -0.2) is 13.1 Å². The molecule has 0 radical (unpaired) electrons. The summed E-state index contributed by atoms with van der Waals surface area (Å²) >= 11 is 0. The number of unbranched alkanes of at least 4 members (excludes halogenated alkanes) is 1. The van der Waals surface area contributed by atoms with Crippen LogP contribution in [0.25, 0.3) is 0 Å². The van der Waals surface area contributed by atoms with Gasteiger partial charge in [-0.3, -0.25) is 0 Å². The molecule has 0 amide bonds. The summed E-state index contributed by atoms with van der Waals surface area (Å²) in [5.74, 6) is 0.636. The van der Waals surface area contributed by atoms with Gasteiger partial charge >= 0.3 is 0 Å². The number of sulfonamides is 1. The van der Waals surface area contributed by atoms with Crippen molar-refractivity contribution in [1.29, 1.82) is 0 Å². The fourth-order valence-electron chi connectivity index (χ4n) is 4.42. The van der Waals surface area contributed by atoms with Crippen LogP contribution >= 0.6 is 0 Å². The second kappa shape index (κ2) is 9.42. The lowest BCUT2D eigenvalue weighted by Crippen LogP contribution is -2.42. The van der Waals surface area contributed by atoms with Crippen molar-refractivity contribution < 1.29 is 8.42 Å². The zero-order chi connectivity index (χ0) is 19.3. The first-order chi connectivity index (χ1) is 13.0. The van der Waals surface area contributed by atoms with E-state index in [1.165, 1.54) is 36.1 Å². The van der Waals surface area contributed by atoms with Crippen LogP contribution in [0.4, 0.5) is 5.69 Å². The van der Waals surface area contributed by atoms with Gasteiger partial charge in [-0.2, -0.15) is 0 Å². The van der Waals surface area contributed by atoms with Gasteiger partial charge < -0.3 is 5.32 Å². The Bertz CT molecular complexity index is 709. The van der Waals surface area contributed by atoms with Gasteiger partial charge in [0, 0.05) is 18.3 Å². The number of benzene rings is 1. The van der Waals surface area contributed by atoms with E-state index in [-0.39, 0.29) is 11.3 Å². The first kappa shape index (κ1) is 20.7. The average Bonchev–Trinajstić information content (AvgIpc) is 3.13. The molecule has 0 aromatic heterocycles. The zero-order valence-corrected chi connectivity index (χ0v) is 17.8. The maximum atomic E-state index is 12.5. The molecule has 1 aromatic rings. The van der Waals surface area contributed by atoms with Crippen LogP contribution in [0.3, 0.4) is 0 Å². The van der Waals surface area contributed by atoms with Gasteiger partial charge in [0.2, 0.25) is 10.0 Å². The first-order valence-electron chi connectivity index (χ1n) is 10.8. The lowest BCUT2D eigenvalue weighted by Gasteiger charge is -2.30. The molecule has 27 heavy (non-hydrogen) atoms. The van der Waals surface area contributed by atoms with Crippen molar-refractivity contribution in [2.45, 2.75) is 89.3 Å². The summed E-state index contributed by atoms with van der Waals surface area (Å²) in [4.78, 5) is 0. The molecule has 0 spiro atoms. The predicted octanol–water partition coefficient (Wildman–Crippen LogP) is 4.64. The Morgan fingerprint density at radius 1 is 1.11 bits per heavy atom. The van der Waals surface area contributed by atoms with Crippen molar-refractivity contribution in [3.63, 3.8) is 0 Å². The molecule has 1 fully saturated rings. The SMILES string of the molecule is CCCCC(C)S(=O)(=O)NC1CCC(CNc2ccc3c(c2)CCC3)CC1. The Hall–Kier alpha value is -1.07. The van der Waals surface area contributed by atoms with Crippen molar-refractivity contribution in [3.8, 4) is 0 Å². The molecule has 1 atom stereocenters. The van der Waals surface area contributed by atoms with Crippen molar-refractivity contribution in [2.75, 3.05) is 11.9 Å². The Kier molecular flexibility index (Phi) is 7.21. The highest BCUT2D eigenvalue weighted by molar-refractivity contribution is 7.90. The summed E-state index contributed by atoms with van der Waals surface area (Å²) in [6.45, 7) is 4.93. The first-order valence-corrected chi connectivity index (χ1v) is 12.4. The van der Waals surface area contributed by atoms with Gasteiger partial charge in [0.05, 0.1) is 5.25 Å². The van der Waals surface area contributed by atoms with E-state index < -0.39 is 10.0 Å². The smallest absolute Gasteiger partial charge is 0.214 e. The molecule has 0 aliphatic heterocycles. The van der Waals surface area contributed by atoms with E-state index in [0.717, 1.165) is 51.5 Å². The molecule has 3 rings (SSSR count). The molecule has 0 bridgehead atoms. The Balaban J connectivity index is 1.41. The van der Waals surface area contributed by atoms with Gasteiger partial charge in [0.1, 0.15) is 0 Å². The second-order valence-electron chi connectivity index (χ2n) is 8.55. The molecular weight excluding hydrogens is 356 g/mol. The summed E-state index contributed by atoms with van der Waals surface area (Å²) in [5.41, 5.74) is 4.26. The van der Waals surface area contributed by atoms with E-state index in [4.69, 9.17) is 0 Å². The Morgan fingerprint density at radius 2 is 1.85 bits per heavy atom. The highest BCUT2D eigenvalue weighted by Gasteiger charge is 2.27. The van der Waals surface area contributed by atoms with E-state index in [1.54, 1.807) is 0 Å². The number of rotatable bonds is 9. The molecule has 0 heterocycles. The summed E-state index contributed by atoms with van der Waals surface area (Å²) in [6, 6.07) is 6.92. The molecule has 2 N–H and O–H groups in total. The Labute approximate surface area is 165 Å². The third-order valence-electron chi connectivity index (χ3n) is 6.36. The molecule has 1 unspecified atom stereocenters. The summed E-state index contributed by atoms with van der Waals surface area (Å²) < 4.78 is 27.9. The molecule has 2 aliphatic carbocycles. The monoisotopic (exact) mass is 392 g/mol. The highest BCUT2D eigenvalue weighted by atomic mass is 32.2. The number of anilines is 1. The highest BCUT2D eigenvalue weighted by Crippen LogP contribution is 2.28. The number of nitrogens with one attached hydrogen (secondary N) is 2. The minimum atomic E-state index is -3.18. The number of hydrogen-bond donors (Lipinski definition) is 2. The largest absolute Gasteiger partial charge is 0.385 e. The molecule has 1 saturated carbocycles. The average molecular weight is 393 g/mol. The van der Waals surface area contributed by atoms with Crippen LogP contribution in [0.15, 0.2) is 18.2 Å². The molecule has 1 aromatic carbocycles. The van der Waals surface area contributed by atoms with Crippen molar-refractivity contribution in [1.82, 2.24) is 4.72 Å². The third-order valence-corrected chi connectivity index (χ3v) is 8.32. The topological polar surface area (TPSA) is 58.2 Å². The minimum Gasteiger partial charge on any atom is -0.385 e. The second-order valence-corrected chi connectivity index (χ2v) is 10.7. The van der Waals surface area contributed by atoms with Crippen molar-refractivity contribution in [3.05, 3.63) is 29.3 Å². The third kappa shape index (κ3) is 5.71. The van der Waals surface area contributed by atoms with E-state index in [2.05, 4.69) is 35.2 Å². The van der Waals surface area contributed by atoms with Gasteiger partial charge in [-0.05, 0) is 87.5 Å². The summed E-state index contributed by atoms with van der Waals surface area (Å²) in [5, 5.41) is 3.33. The van der Waals surface area contributed by atoms with Crippen molar-refractivity contribution in [2.24, 2.45) is 5.92 Å². The summed E-state index contributed by atoms with van der Waals surface area (Å²) in [6.07, 6.45) is 10.6. The number of hydrogen-bond acceptors (Lipinski definition) is 3. The predicted molar refractivity (Wildman–Crippen MR) is 114 cm³/mol. The number of fused-ring (bicyclic) bond motifs is 1. The number of aryl methyl sites for hydroxylation is 2. The lowest BCUT2D eigenvalue weighted by atomic mass is 9.86. The lowest BCUT2D eigenvalue weighted by molar-refractivity contribution is 0.323. The Morgan fingerprint density at radius 3 is 2.59 bits per heavy atom. The fourth-order valence-corrected chi connectivity index (χ4v) is 5.83. The van der Waals surface area contributed by atoms with E-state index >= 15 is 0 Å². The minimum absolute atomic E-state index is 0.121. The van der Waals surface area contributed by atoms with Gasteiger partial charge in [-0.1, -0.05) is 25.8 Å². The van der Waals surface area contributed by atoms with Gasteiger partial charge in [-0.15, -0.1) is 0 Å². The molecule has 2 aliphatic rings. The van der Waals surface area contributed by atoms with E-state index in [1.807, 2.05) is 6.92 Å².